The number of amides is 2. The lowest BCUT2D eigenvalue weighted by molar-refractivity contribution is -0.151. The molecule has 6 rings (SSSR count). The Bertz CT molecular complexity index is 1070. The van der Waals surface area contributed by atoms with E-state index < -0.39 is 17.8 Å². The monoisotopic (exact) mass is 436 g/mol. The minimum atomic E-state index is -0.921. The highest BCUT2D eigenvalue weighted by Gasteiger charge is 2.48. The van der Waals surface area contributed by atoms with Crippen LogP contribution in [0.4, 0.5) is 10.7 Å². The van der Waals surface area contributed by atoms with Crippen molar-refractivity contribution in [3.8, 4) is 0 Å². The molecule has 4 aliphatic rings. The number of hydrogen-bond donors (Lipinski definition) is 3. The van der Waals surface area contributed by atoms with Crippen LogP contribution in [0, 0.1) is 23.7 Å². The van der Waals surface area contributed by atoms with E-state index in [1.165, 1.54) is 11.3 Å². The van der Waals surface area contributed by atoms with E-state index in [0.29, 0.717) is 16.3 Å². The number of carboxylic acid groups (broad SMARTS) is 1. The van der Waals surface area contributed by atoms with Crippen LogP contribution in [0.1, 0.15) is 40.1 Å². The summed E-state index contributed by atoms with van der Waals surface area (Å²) in [5.41, 5.74) is 2.23. The van der Waals surface area contributed by atoms with Crippen LogP contribution < -0.4 is 10.6 Å². The number of rotatable bonds is 5. The van der Waals surface area contributed by atoms with Gasteiger partial charge in [-0.15, -0.1) is 11.3 Å². The third-order valence-electron chi connectivity index (χ3n) is 6.75. The molecule has 1 heterocycles. The SMILES string of the molecule is O=C(Nc1ccccc1)c1c(NC(=O)[C@@H]2[C@H](C(=O)O)[C@H]3C=C[C@H]2CC3)sc2c1CCC2. The summed E-state index contributed by atoms with van der Waals surface area (Å²) in [6.45, 7) is 0. The van der Waals surface area contributed by atoms with E-state index in [2.05, 4.69) is 10.6 Å². The fourth-order valence-electron chi connectivity index (χ4n) is 5.33. The zero-order valence-corrected chi connectivity index (χ0v) is 17.8. The summed E-state index contributed by atoms with van der Waals surface area (Å²) in [5, 5.41) is 16.2. The van der Waals surface area contributed by atoms with Crippen LogP contribution in [0.2, 0.25) is 0 Å². The van der Waals surface area contributed by atoms with E-state index in [4.69, 9.17) is 0 Å². The zero-order valence-electron chi connectivity index (χ0n) is 17.0. The Morgan fingerprint density at radius 2 is 1.65 bits per heavy atom. The summed E-state index contributed by atoms with van der Waals surface area (Å²) in [5.74, 6) is -2.94. The molecule has 1 aromatic heterocycles. The number of anilines is 2. The second kappa shape index (κ2) is 7.96. The van der Waals surface area contributed by atoms with Gasteiger partial charge in [-0.3, -0.25) is 14.4 Å². The third kappa shape index (κ3) is 3.57. The van der Waals surface area contributed by atoms with Gasteiger partial charge in [-0.05, 0) is 61.6 Å². The fraction of sp³-hybridized carbons (Fsp3) is 0.375. The van der Waals surface area contributed by atoms with Gasteiger partial charge in [0.2, 0.25) is 5.91 Å². The lowest BCUT2D eigenvalue weighted by Crippen LogP contribution is -2.47. The lowest BCUT2D eigenvalue weighted by Gasteiger charge is -2.41. The Hall–Kier alpha value is -2.93. The van der Waals surface area contributed by atoms with Crippen molar-refractivity contribution in [2.45, 2.75) is 32.1 Å². The fourth-order valence-corrected chi connectivity index (χ4v) is 6.62. The largest absolute Gasteiger partial charge is 0.481 e. The van der Waals surface area contributed by atoms with Gasteiger partial charge in [-0.1, -0.05) is 30.4 Å². The molecule has 4 aliphatic carbocycles. The third-order valence-corrected chi connectivity index (χ3v) is 7.96. The number of para-hydroxylation sites is 1. The van der Waals surface area contributed by atoms with E-state index in [-0.39, 0.29) is 23.7 Å². The molecular weight excluding hydrogens is 412 g/mol. The normalized spacial score (nSPS) is 25.8. The molecule has 2 amide bonds. The number of aryl methyl sites for hydroxylation is 1. The number of carbonyl (C=O) groups is 3. The summed E-state index contributed by atoms with van der Waals surface area (Å²) in [7, 11) is 0. The maximum atomic E-state index is 13.3. The van der Waals surface area contributed by atoms with Gasteiger partial charge in [0.25, 0.3) is 5.91 Å². The minimum Gasteiger partial charge on any atom is -0.481 e. The van der Waals surface area contributed by atoms with Crippen molar-refractivity contribution in [3.05, 3.63) is 58.5 Å². The first-order valence-electron chi connectivity index (χ1n) is 10.8. The highest BCUT2D eigenvalue weighted by atomic mass is 32.1. The standard InChI is InChI=1S/C24H24N2O4S/c27-21(18-13-9-11-14(12-10-13)19(18)24(29)30)26-23-20(16-7-4-8-17(16)31-23)22(28)25-15-5-2-1-3-6-15/h1-3,5-6,9,11,13-14,18-19H,4,7-8,10,12H2,(H,25,28)(H,26,27)(H,29,30)/t13-,14-,18-,19+/m0/s1. The van der Waals surface area contributed by atoms with Crippen LogP contribution in [-0.4, -0.2) is 22.9 Å². The summed E-state index contributed by atoms with van der Waals surface area (Å²) in [6.07, 6.45) is 8.29. The molecule has 0 spiro atoms. The maximum Gasteiger partial charge on any atom is 0.307 e. The van der Waals surface area contributed by atoms with Crippen molar-refractivity contribution in [2.24, 2.45) is 23.7 Å². The Labute approximate surface area is 184 Å². The number of thiophene rings is 1. The molecule has 1 saturated carbocycles. The van der Waals surface area contributed by atoms with E-state index >= 15 is 0 Å². The van der Waals surface area contributed by atoms with Crippen LogP contribution >= 0.6 is 11.3 Å². The van der Waals surface area contributed by atoms with Crippen LogP contribution in [0.5, 0.6) is 0 Å². The Morgan fingerprint density at radius 3 is 2.32 bits per heavy atom. The summed E-state index contributed by atoms with van der Waals surface area (Å²) < 4.78 is 0. The molecule has 4 atom stereocenters. The number of hydrogen-bond acceptors (Lipinski definition) is 4. The van der Waals surface area contributed by atoms with Crippen LogP contribution in [0.3, 0.4) is 0 Å². The topological polar surface area (TPSA) is 95.5 Å². The average molecular weight is 437 g/mol. The zero-order chi connectivity index (χ0) is 21.5. The van der Waals surface area contributed by atoms with Gasteiger partial charge in [-0.25, -0.2) is 0 Å². The minimum absolute atomic E-state index is 0.0699. The molecule has 2 aromatic rings. The summed E-state index contributed by atoms with van der Waals surface area (Å²) in [4.78, 5) is 39.5. The second-order valence-corrected chi connectivity index (χ2v) is 9.66. The molecule has 31 heavy (non-hydrogen) atoms. The molecule has 0 aliphatic heterocycles. The number of fused-ring (bicyclic) bond motifs is 3. The summed E-state index contributed by atoms with van der Waals surface area (Å²) in [6, 6.07) is 9.24. The van der Waals surface area contributed by atoms with E-state index in [9.17, 15) is 19.5 Å². The van der Waals surface area contributed by atoms with Gasteiger partial charge < -0.3 is 15.7 Å². The molecule has 0 radical (unpaired) electrons. The Kier molecular flexibility index (Phi) is 5.14. The highest BCUT2D eigenvalue weighted by Crippen LogP contribution is 2.46. The number of allylic oxidation sites excluding steroid dienone is 2. The number of benzene rings is 1. The first-order chi connectivity index (χ1) is 15.0. The average Bonchev–Trinajstić information content (AvgIpc) is 3.35. The number of nitrogens with one attached hydrogen (secondary N) is 2. The molecule has 0 unspecified atom stereocenters. The van der Waals surface area contributed by atoms with Crippen molar-refractivity contribution in [3.63, 3.8) is 0 Å². The Morgan fingerprint density at radius 1 is 0.935 bits per heavy atom. The van der Waals surface area contributed by atoms with Gasteiger partial charge in [0, 0.05) is 10.6 Å². The van der Waals surface area contributed by atoms with Gasteiger partial charge in [-0.2, -0.15) is 0 Å². The molecule has 1 fully saturated rings. The van der Waals surface area contributed by atoms with Crippen molar-refractivity contribution in [1.82, 2.24) is 0 Å². The predicted molar refractivity (Wildman–Crippen MR) is 119 cm³/mol. The second-order valence-electron chi connectivity index (χ2n) is 8.55. The van der Waals surface area contributed by atoms with Gasteiger partial charge in [0.15, 0.2) is 0 Å². The molecule has 6 nitrogen and oxygen atoms in total. The highest BCUT2D eigenvalue weighted by molar-refractivity contribution is 7.17. The predicted octanol–water partition coefficient (Wildman–Crippen LogP) is 4.34. The van der Waals surface area contributed by atoms with Crippen LogP contribution in [0.15, 0.2) is 42.5 Å². The van der Waals surface area contributed by atoms with Gasteiger partial charge >= 0.3 is 5.97 Å². The number of carbonyl (C=O) groups excluding carboxylic acids is 2. The van der Waals surface area contributed by atoms with Crippen molar-refractivity contribution >= 4 is 39.8 Å². The van der Waals surface area contributed by atoms with E-state index in [1.54, 1.807) is 0 Å². The van der Waals surface area contributed by atoms with Crippen molar-refractivity contribution < 1.29 is 19.5 Å². The smallest absolute Gasteiger partial charge is 0.307 e. The van der Waals surface area contributed by atoms with Crippen LogP contribution in [0.25, 0.3) is 0 Å². The first kappa shape index (κ1) is 20.0. The van der Waals surface area contributed by atoms with Crippen molar-refractivity contribution in [1.29, 1.82) is 0 Å². The molecule has 7 heteroatoms. The molecule has 0 saturated heterocycles. The van der Waals surface area contributed by atoms with Gasteiger partial charge in [0.1, 0.15) is 5.00 Å². The Balaban J connectivity index is 1.43. The summed E-state index contributed by atoms with van der Waals surface area (Å²) >= 11 is 1.45. The first-order valence-corrected chi connectivity index (χ1v) is 11.6. The lowest BCUT2D eigenvalue weighted by atomic mass is 9.62. The molecule has 3 N–H and O–H groups in total. The number of aliphatic carboxylic acids is 1. The molecule has 1 aromatic carbocycles. The molecule has 160 valence electrons. The maximum absolute atomic E-state index is 13.3. The number of carboxylic acids is 1. The quantitative estimate of drug-likeness (QED) is 0.608. The van der Waals surface area contributed by atoms with Gasteiger partial charge in [0.05, 0.1) is 17.4 Å². The van der Waals surface area contributed by atoms with E-state index in [1.807, 2.05) is 42.5 Å². The van der Waals surface area contributed by atoms with E-state index in [0.717, 1.165) is 42.5 Å². The van der Waals surface area contributed by atoms with Crippen LogP contribution in [-0.2, 0) is 22.4 Å². The molecular formula is C24H24N2O4S. The molecule has 2 bridgehead atoms. The van der Waals surface area contributed by atoms with Crippen molar-refractivity contribution in [2.75, 3.05) is 10.6 Å².